The van der Waals surface area contributed by atoms with Crippen LogP contribution in [0.1, 0.15) is 31.8 Å². The summed E-state index contributed by atoms with van der Waals surface area (Å²) in [4.78, 5) is 25.5. The number of anilines is 3. The van der Waals surface area contributed by atoms with Gasteiger partial charge in [0.25, 0.3) is 0 Å². The first-order valence-corrected chi connectivity index (χ1v) is 10.5. The smallest absolute Gasteiger partial charge is 0.196 e. The summed E-state index contributed by atoms with van der Waals surface area (Å²) in [5, 5.41) is 2.93. The summed E-state index contributed by atoms with van der Waals surface area (Å²) in [7, 11) is -5.00. The van der Waals surface area contributed by atoms with Crippen molar-refractivity contribution in [3.63, 3.8) is 0 Å². The van der Waals surface area contributed by atoms with Crippen LogP contribution in [0.4, 0.5) is 17.1 Å². The van der Waals surface area contributed by atoms with E-state index in [-0.39, 0.29) is 27.9 Å². The van der Waals surface area contributed by atoms with Gasteiger partial charge < -0.3 is 15.6 Å². The Morgan fingerprint density at radius 2 is 1.52 bits per heavy atom. The third-order valence-electron chi connectivity index (χ3n) is 4.57. The van der Waals surface area contributed by atoms with Crippen molar-refractivity contribution >= 4 is 54.7 Å². The zero-order valence-corrected chi connectivity index (χ0v) is 17.0. The van der Waals surface area contributed by atoms with Gasteiger partial charge in [0.05, 0.1) is 27.4 Å². The van der Waals surface area contributed by atoms with Gasteiger partial charge >= 0.3 is 0 Å². The average molecular weight is 472 g/mol. The lowest BCUT2D eigenvalue weighted by molar-refractivity contribution is 0.0980. The van der Waals surface area contributed by atoms with Crippen molar-refractivity contribution in [3.8, 4) is 0 Å². The number of rotatable bonds is 3. The van der Waals surface area contributed by atoms with Crippen LogP contribution in [0.15, 0.2) is 64.0 Å². The first-order chi connectivity index (χ1) is 13.7. The van der Waals surface area contributed by atoms with Crippen LogP contribution in [-0.4, -0.2) is 24.5 Å². The molecule has 4 rings (SSSR count). The van der Waals surface area contributed by atoms with Gasteiger partial charge in [0.1, 0.15) is 10.1 Å². The lowest BCUT2D eigenvalue weighted by Gasteiger charge is -2.25. The fourth-order valence-electron chi connectivity index (χ4n) is 3.32. The number of ketones is 2. The molecule has 3 N–H and O–H groups in total. The summed E-state index contributed by atoms with van der Waals surface area (Å²) in [5.41, 5.74) is 5.82. The molecule has 0 saturated carbocycles. The maximum absolute atomic E-state index is 13.2. The summed E-state index contributed by atoms with van der Waals surface area (Å²) in [5.74, 6) is -1.11. The highest BCUT2D eigenvalue weighted by Gasteiger charge is 2.35. The highest BCUT2D eigenvalue weighted by Crippen LogP contribution is 2.40. The van der Waals surface area contributed by atoms with E-state index in [9.17, 15) is 22.6 Å². The van der Waals surface area contributed by atoms with Crippen LogP contribution < -0.4 is 11.1 Å². The second-order valence-electron chi connectivity index (χ2n) is 6.38. The molecule has 0 amide bonds. The van der Waals surface area contributed by atoms with E-state index in [1.54, 1.807) is 36.4 Å². The summed E-state index contributed by atoms with van der Waals surface area (Å²) < 4.78 is 36.0. The van der Waals surface area contributed by atoms with Crippen LogP contribution in [0.3, 0.4) is 0 Å². The molecule has 0 heterocycles. The summed E-state index contributed by atoms with van der Waals surface area (Å²) in [6.45, 7) is 0. The van der Waals surface area contributed by atoms with Crippen LogP contribution in [0, 0.1) is 0 Å². The van der Waals surface area contributed by atoms with E-state index < -0.39 is 32.3 Å². The molecule has 0 aliphatic heterocycles. The number of fused-ring (bicyclic) bond motifs is 2. The molecule has 3 aromatic carbocycles. The number of halogens is 1. The molecule has 0 saturated heterocycles. The van der Waals surface area contributed by atoms with Gasteiger partial charge in [-0.1, -0.05) is 46.3 Å². The predicted octanol–water partition coefficient (Wildman–Crippen LogP) is 3.45. The maximum atomic E-state index is 13.2. The van der Waals surface area contributed by atoms with Crippen LogP contribution in [-0.2, 0) is 10.1 Å². The summed E-state index contributed by atoms with van der Waals surface area (Å²) >= 11 is 3.32. The second kappa shape index (κ2) is 6.80. The number of nitrogen functional groups attached to an aromatic ring is 1. The molecular formula is C20H12BrN2O5S-. The predicted molar refractivity (Wildman–Crippen MR) is 110 cm³/mol. The maximum Gasteiger partial charge on any atom is 0.196 e. The lowest BCUT2D eigenvalue weighted by atomic mass is 9.82. The first kappa shape index (κ1) is 19.3. The normalized spacial score (nSPS) is 13.0. The number of nitrogens with one attached hydrogen (secondary N) is 1. The van der Waals surface area contributed by atoms with Crippen LogP contribution in [0.5, 0.6) is 0 Å². The van der Waals surface area contributed by atoms with Crippen molar-refractivity contribution in [2.75, 3.05) is 11.1 Å². The molecule has 0 unspecified atom stereocenters. The Balaban J connectivity index is 2.03. The highest BCUT2D eigenvalue weighted by atomic mass is 79.9. The van der Waals surface area contributed by atoms with Gasteiger partial charge in [0.2, 0.25) is 0 Å². The molecule has 146 valence electrons. The van der Waals surface area contributed by atoms with Crippen molar-refractivity contribution in [1.29, 1.82) is 0 Å². The van der Waals surface area contributed by atoms with E-state index in [2.05, 4.69) is 21.2 Å². The molecular weight excluding hydrogens is 460 g/mol. The standard InChI is InChI=1S/C20H13BrN2O5S/c21-10-4-3-5-11(8-10)23-14-9-15(29(26,27)28)18(22)17-16(14)19(24)12-6-1-2-7-13(12)20(17)25/h1-9,23H,22H2,(H,26,27,28)/p-1. The zero-order chi connectivity index (χ0) is 20.9. The number of hydrogen-bond donors (Lipinski definition) is 2. The quantitative estimate of drug-likeness (QED) is 0.345. The Kier molecular flexibility index (Phi) is 4.53. The molecule has 9 heteroatoms. The average Bonchev–Trinajstić information content (AvgIpc) is 2.66. The number of carbonyl (C=O) groups excluding carboxylic acids is 2. The molecule has 0 aromatic heterocycles. The van der Waals surface area contributed by atoms with Gasteiger partial charge in [0, 0.05) is 21.3 Å². The van der Waals surface area contributed by atoms with Gasteiger partial charge in [-0.25, -0.2) is 8.42 Å². The highest BCUT2D eigenvalue weighted by molar-refractivity contribution is 9.10. The van der Waals surface area contributed by atoms with E-state index in [0.717, 1.165) is 10.5 Å². The van der Waals surface area contributed by atoms with Crippen LogP contribution in [0.25, 0.3) is 0 Å². The zero-order valence-electron chi connectivity index (χ0n) is 14.6. The summed E-state index contributed by atoms with van der Waals surface area (Å²) in [6, 6.07) is 14.0. The van der Waals surface area contributed by atoms with Crippen LogP contribution >= 0.6 is 15.9 Å². The minimum absolute atomic E-state index is 0.00887. The van der Waals surface area contributed by atoms with E-state index in [1.807, 2.05) is 0 Å². The SMILES string of the molecule is Nc1c(S(=O)(=O)[O-])cc(Nc2cccc(Br)c2)c2c1C(=O)c1ccccc1C2=O. The Labute approximate surface area is 174 Å². The first-order valence-electron chi connectivity index (χ1n) is 8.32. The number of carbonyl (C=O) groups is 2. The van der Waals surface area contributed by atoms with Crippen molar-refractivity contribution < 1.29 is 22.6 Å². The molecule has 0 fully saturated rings. The molecule has 1 aliphatic rings. The van der Waals surface area contributed by atoms with Gasteiger partial charge in [-0.15, -0.1) is 0 Å². The lowest BCUT2D eigenvalue weighted by Crippen LogP contribution is -2.25. The molecule has 3 aromatic rings. The molecule has 0 spiro atoms. The van der Waals surface area contributed by atoms with Gasteiger partial charge in [-0.2, -0.15) is 0 Å². The van der Waals surface area contributed by atoms with Crippen molar-refractivity contribution in [1.82, 2.24) is 0 Å². The molecule has 29 heavy (non-hydrogen) atoms. The van der Waals surface area contributed by atoms with Crippen molar-refractivity contribution in [2.45, 2.75) is 4.90 Å². The number of nitrogens with two attached hydrogens (primary N) is 1. The Bertz CT molecular complexity index is 1320. The van der Waals surface area contributed by atoms with E-state index in [4.69, 9.17) is 5.73 Å². The second-order valence-corrected chi connectivity index (χ2v) is 8.64. The van der Waals surface area contributed by atoms with E-state index in [1.165, 1.54) is 12.1 Å². The molecule has 0 radical (unpaired) electrons. The number of benzene rings is 3. The minimum Gasteiger partial charge on any atom is -0.744 e. The Hall–Kier alpha value is -3.01. The van der Waals surface area contributed by atoms with Crippen LogP contribution in [0.2, 0.25) is 0 Å². The van der Waals surface area contributed by atoms with Crippen molar-refractivity contribution in [2.24, 2.45) is 0 Å². The minimum atomic E-state index is -5.00. The molecule has 7 nitrogen and oxygen atoms in total. The molecule has 1 aliphatic carbocycles. The Morgan fingerprint density at radius 3 is 2.10 bits per heavy atom. The summed E-state index contributed by atoms with van der Waals surface area (Å²) in [6.07, 6.45) is 0. The monoisotopic (exact) mass is 471 g/mol. The third kappa shape index (κ3) is 3.23. The Morgan fingerprint density at radius 1 is 0.897 bits per heavy atom. The van der Waals surface area contributed by atoms with E-state index >= 15 is 0 Å². The van der Waals surface area contributed by atoms with Crippen molar-refractivity contribution in [3.05, 3.63) is 81.3 Å². The number of hydrogen-bond acceptors (Lipinski definition) is 7. The molecule has 0 bridgehead atoms. The topological polar surface area (TPSA) is 129 Å². The van der Waals surface area contributed by atoms with E-state index in [0.29, 0.717) is 5.69 Å². The van der Waals surface area contributed by atoms with Gasteiger partial charge in [-0.3, -0.25) is 9.59 Å². The van der Waals surface area contributed by atoms with Gasteiger partial charge in [-0.05, 0) is 24.3 Å². The largest absolute Gasteiger partial charge is 0.744 e. The van der Waals surface area contributed by atoms with Gasteiger partial charge in [0.15, 0.2) is 11.6 Å². The fourth-order valence-corrected chi connectivity index (χ4v) is 4.35. The third-order valence-corrected chi connectivity index (χ3v) is 5.94. The fraction of sp³-hybridized carbons (Fsp3) is 0. The molecule has 0 atom stereocenters.